The van der Waals surface area contributed by atoms with Crippen LogP contribution in [0.3, 0.4) is 0 Å². The molecule has 0 amide bonds. The topological polar surface area (TPSA) is 34.4 Å². The van der Waals surface area contributed by atoms with Gasteiger partial charge in [-0.3, -0.25) is 0 Å². The second kappa shape index (κ2) is 3.01. The molecule has 0 saturated heterocycles. The number of aromatic nitrogens is 2. The van der Waals surface area contributed by atoms with Gasteiger partial charge in [0.2, 0.25) is 0 Å². The Morgan fingerprint density at radius 3 is 3.15 bits per heavy atom. The SMILES string of the molecule is Cc1ncn2c(CC=O)cccc12. The summed E-state index contributed by atoms with van der Waals surface area (Å²) >= 11 is 0. The molecule has 0 aromatic carbocycles. The van der Waals surface area contributed by atoms with Gasteiger partial charge in [-0.1, -0.05) is 6.07 Å². The number of imidazole rings is 1. The van der Waals surface area contributed by atoms with Crippen molar-refractivity contribution < 1.29 is 4.79 Å². The van der Waals surface area contributed by atoms with Gasteiger partial charge in [0.25, 0.3) is 0 Å². The largest absolute Gasteiger partial charge is 0.303 e. The molecule has 0 aliphatic rings. The number of hydrogen-bond acceptors (Lipinski definition) is 2. The Labute approximate surface area is 76.0 Å². The minimum absolute atomic E-state index is 0.438. The fourth-order valence-corrected chi connectivity index (χ4v) is 1.46. The van der Waals surface area contributed by atoms with E-state index < -0.39 is 0 Å². The molecule has 2 aromatic rings. The lowest BCUT2D eigenvalue weighted by molar-refractivity contribution is -0.107. The molecule has 0 aliphatic heterocycles. The molecule has 2 rings (SSSR count). The predicted molar refractivity (Wildman–Crippen MR) is 49.7 cm³/mol. The molecule has 0 radical (unpaired) electrons. The van der Waals surface area contributed by atoms with Crippen LogP contribution in [0.2, 0.25) is 0 Å². The van der Waals surface area contributed by atoms with E-state index in [9.17, 15) is 4.79 Å². The fraction of sp³-hybridized carbons (Fsp3) is 0.200. The third-order valence-corrected chi connectivity index (χ3v) is 2.14. The van der Waals surface area contributed by atoms with Crippen LogP contribution >= 0.6 is 0 Å². The Morgan fingerprint density at radius 2 is 2.38 bits per heavy atom. The normalized spacial score (nSPS) is 10.5. The van der Waals surface area contributed by atoms with E-state index in [1.54, 1.807) is 6.33 Å². The average molecular weight is 174 g/mol. The van der Waals surface area contributed by atoms with E-state index in [1.807, 2.05) is 29.5 Å². The van der Waals surface area contributed by atoms with Crippen molar-refractivity contribution in [1.29, 1.82) is 0 Å². The standard InChI is InChI=1S/C10H10N2O/c1-8-10-4-2-3-9(5-6-13)12(10)7-11-8/h2-4,6-7H,5H2,1H3. The van der Waals surface area contributed by atoms with Crippen LogP contribution in [0, 0.1) is 6.92 Å². The fourth-order valence-electron chi connectivity index (χ4n) is 1.46. The van der Waals surface area contributed by atoms with Crippen molar-refractivity contribution >= 4 is 11.8 Å². The zero-order valence-electron chi connectivity index (χ0n) is 7.40. The monoisotopic (exact) mass is 174 g/mol. The Bertz CT molecular complexity index is 445. The number of nitrogens with zero attached hydrogens (tertiary/aromatic N) is 2. The van der Waals surface area contributed by atoms with Gasteiger partial charge >= 0.3 is 0 Å². The number of carbonyl (C=O) groups is 1. The summed E-state index contributed by atoms with van der Waals surface area (Å²) in [6.07, 6.45) is 3.10. The molecule has 3 nitrogen and oxygen atoms in total. The smallest absolute Gasteiger partial charge is 0.125 e. The average Bonchev–Trinajstić information content (AvgIpc) is 2.50. The summed E-state index contributed by atoms with van der Waals surface area (Å²) in [4.78, 5) is 14.6. The van der Waals surface area contributed by atoms with Crippen molar-refractivity contribution in [1.82, 2.24) is 9.38 Å². The van der Waals surface area contributed by atoms with Gasteiger partial charge in [0.15, 0.2) is 0 Å². The van der Waals surface area contributed by atoms with Crippen LogP contribution in [-0.4, -0.2) is 15.7 Å². The Hall–Kier alpha value is -1.64. The van der Waals surface area contributed by atoms with E-state index in [1.165, 1.54) is 0 Å². The maximum absolute atomic E-state index is 10.4. The summed E-state index contributed by atoms with van der Waals surface area (Å²) in [5.74, 6) is 0. The summed E-state index contributed by atoms with van der Waals surface area (Å²) in [5.41, 5.74) is 3.04. The Kier molecular flexibility index (Phi) is 1.85. The van der Waals surface area contributed by atoms with Crippen LogP contribution in [0.5, 0.6) is 0 Å². The van der Waals surface area contributed by atoms with Crippen molar-refractivity contribution in [2.24, 2.45) is 0 Å². The van der Waals surface area contributed by atoms with Crippen molar-refractivity contribution in [3.8, 4) is 0 Å². The lowest BCUT2D eigenvalue weighted by Crippen LogP contribution is -1.95. The minimum atomic E-state index is 0.438. The van der Waals surface area contributed by atoms with Crippen LogP contribution < -0.4 is 0 Å². The van der Waals surface area contributed by atoms with E-state index >= 15 is 0 Å². The molecule has 3 heteroatoms. The van der Waals surface area contributed by atoms with E-state index in [0.717, 1.165) is 23.2 Å². The van der Waals surface area contributed by atoms with Gasteiger partial charge in [0.1, 0.15) is 6.29 Å². The van der Waals surface area contributed by atoms with Crippen molar-refractivity contribution in [2.45, 2.75) is 13.3 Å². The summed E-state index contributed by atoms with van der Waals surface area (Å²) in [6.45, 7) is 1.96. The maximum atomic E-state index is 10.4. The van der Waals surface area contributed by atoms with Gasteiger partial charge in [0.05, 0.1) is 17.5 Å². The molecule has 0 saturated carbocycles. The van der Waals surface area contributed by atoms with E-state index in [2.05, 4.69) is 4.98 Å². The highest BCUT2D eigenvalue weighted by Crippen LogP contribution is 2.10. The lowest BCUT2D eigenvalue weighted by Gasteiger charge is -2.00. The highest BCUT2D eigenvalue weighted by atomic mass is 16.1. The molecule has 0 N–H and O–H groups in total. The first-order chi connectivity index (χ1) is 6.33. The molecule has 0 spiro atoms. The molecule has 0 fully saturated rings. The molecule has 13 heavy (non-hydrogen) atoms. The minimum Gasteiger partial charge on any atom is -0.303 e. The van der Waals surface area contributed by atoms with Crippen LogP contribution in [0.1, 0.15) is 11.4 Å². The van der Waals surface area contributed by atoms with Crippen molar-refractivity contribution in [2.75, 3.05) is 0 Å². The summed E-state index contributed by atoms with van der Waals surface area (Å²) in [6, 6.07) is 5.88. The van der Waals surface area contributed by atoms with Gasteiger partial charge in [-0.05, 0) is 19.1 Å². The summed E-state index contributed by atoms with van der Waals surface area (Å²) in [7, 11) is 0. The van der Waals surface area contributed by atoms with Crippen molar-refractivity contribution in [3.63, 3.8) is 0 Å². The number of aryl methyl sites for hydroxylation is 1. The first-order valence-electron chi connectivity index (χ1n) is 4.18. The molecule has 0 atom stereocenters. The second-order valence-electron chi connectivity index (χ2n) is 2.97. The van der Waals surface area contributed by atoms with E-state index in [0.29, 0.717) is 6.42 Å². The number of rotatable bonds is 2. The Balaban J connectivity index is 2.69. The molecule has 2 aromatic heterocycles. The van der Waals surface area contributed by atoms with E-state index in [-0.39, 0.29) is 0 Å². The Morgan fingerprint density at radius 1 is 1.54 bits per heavy atom. The highest BCUT2D eigenvalue weighted by molar-refractivity contribution is 5.58. The molecule has 66 valence electrons. The molecular formula is C10H10N2O. The highest BCUT2D eigenvalue weighted by Gasteiger charge is 2.02. The molecule has 0 unspecified atom stereocenters. The van der Waals surface area contributed by atoms with Crippen molar-refractivity contribution in [3.05, 3.63) is 35.9 Å². The number of fused-ring (bicyclic) bond motifs is 1. The molecule has 0 aliphatic carbocycles. The third-order valence-electron chi connectivity index (χ3n) is 2.14. The zero-order chi connectivity index (χ0) is 9.26. The molecule has 0 bridgehead atoms. The van der Waals surface area contributed by atoms with Crippen LogP contribution in [0.15, 0.2) is 24.5 Å². The van der Waals surface area contributed by atoms with Crippen LogP contribution in [-0.2, 0) is 11.2 Å². The van der Waals surface area contributed by atoms with Crippen LogP contribution in [0.4, 0.5) is 0 Å². The van der Waals surface area contributed by atoms with Gasteiger partial charge in [-0.15, -0.1) is 0 Å². The predicted octanol–water partition coefficient (Wildman–Crippen LogP) is 1.38. The summed E-state index contributed by atoms with van der Waals surface area (Å²) in [5, 5.41) is 0. The van der Waals surface area contributed by atoms with Gasteiger partial charge in [-0.2, -0.15) is 0 Å². The number of hydrogen-bond donors (Lipinski definition) is 0. The number of aldehydes is 1. The van der Waals surface area contributed by atoms with E-state index in [4.69, 9.17) is 0 Å². The zero-order valence-corrected chi connectivity index (χ0v) is 7.40. The maximum Gasteiger partial charge on any atom is 0.125 e. The first kappa shape index (κ1) is 7.98. The third kappa shape index (κ3) is 1.22. The van der Waals surface area contributed by atoms with Gasteiger partial charge in [0, 0.05) is 12.1 Å². The first-order valence-corrected chi connectivity index (χ1v) is 4.18. The second-order valence-corrected chi connectivity index (χ2v) is 2.97. The molecular weight excluding hydrogens is 164 g/mol. The number of pyridine rings is 1. The van der Waals surface area contributed by atoms with Gasteiger partial charge < -0.3 is 9.20 Å². The lowest BCUT2D eigenvalue weighted by atomic mass is 10.2. The number of carbonyl (C=O) groups excluding carboxylic acids is 1. The summed E-state index contributed by atoms with van der Waals surface area (Å²) < 4.78 is 1.95. The quantitative estimate of drug-likeness (QED) is 0.645. The van der Waals surface area contributed by atoms with Gasteiger partial charge in [-0.25, -0.2) is 4.98 Å². The van der Waals surface area contributed by atoms with Crippen LogP contribution in [0.25, 0.3) is 5.52 Å². The molecule has 2 heterocycles.